The van der Waals surface area contributed by atoms with E-state index in [-0.39, 0.29) is 11.0 Å². The predicted molar refractivity (Wildman–Crippen MR) is 52.6 cm³/mol. The minimum absolute atomic E-state index is 0. The van der Waals surface area contributed by atoms with Gasteiger partial charge in [-0.05, 0) is 0 Å². The molecule has 76 valence electrons. The summed E-state index contributed by atoms with van der Waals surface area (Å²) in [5.74, 6) is 0. The summed E-state index contributed by atoms with van der Waals surface area (Å²) in [5, 5.41) is 0. The van der Waals surface area contributed by atoms with Gasteiger partial charge >= 0.3 is 74.6 Å². The molecule has 0 aliphatic rings. The van der Waals surface area contributed by atoms with Crippen molar-refractivity contribution in [3.05, 3.63) is 0 Å². The van der Waals surface area contributed by atoms with Gasteiger partial charge in [0.25, 0.3) is 0 Å². The molecule has 2 radical (unpaired) electrons. The molecule has 5 heteroatoms. The average Bonchev–Trinajstić information content (AvgIpc) is 1.99. The van der Waals surface area contributed by atoms with E-state index >= 15 is 0 Å². The first-order valence-electron chi connectivity index (χ1n) is 3.86. The summed E-state index contributed by atoms with van der Waals surface area (Å²) in [6, 6.07) is 0. The number of likely N-dealkylation sites (N-methyl/N-ethyl adjacent to an activating group) is 1. The molecule has 0 aromatic carbocycles. The van der Waals surface area contributed by atoms with Crippen molar-refractivity contribution < 1.29 is 14.0 Å². The third-order valence-electron chi connectivity index (χ3n) is 1.55. The number of hydrogen-bond donors (Lipinski definition) is 0. The summed E-state index contributed by atoms with van der Waals surface area (Å²) in [7, 11) is 0. The Hall–Kier alpha value is 0.639. The van der Waals surface area contributed by atoms with Gasteiger partial charge in [0.2, 0.25) is 0 Å². The molecule has 0 aromatic rings. The summed E-state index contributed by atoms with van der Waals surface area (Å²) >= 11 is -0.396. The second-order valence-electron chi connectivity index (χ2n) is 2.08. The third-order valence-corrected chi connectivity index (χ3v) is 2.95. The standard InChI is InChI=1S/C6H14NO.CH3.2H2O.Sn/c1-3-7(4-2)5-6-8;;;;/h3-6H2,1-2H3;1H3;2*1H2;/q-1;;;;+1. The maximum Gasteiger partial charge on any atom is -0.412 e. The van der Waals surface area contributed by atoms with Gasteiger partial charge in [0.15, 0.2) is 0 Å². The van der Waals surface area contributed by atoms with Gasteiger partial charge in [-0.2, -0.15) is 0 Å². The number of nitrogens with zero attached hydrogens (tertiary/aromatic N) is 1. The van der Waals surface area contributed by atoms with Crippen molar-refractivity contribution in [1.29, 1.82) is 0 Å². The van der Waals surface area contributed by atoms with Crippen molar-refractivity contribution in [3.63, 3.8) is 0 Å². The van der Waals surface area contributed by atoms with Crippen LogP contribution in [0.3, 0.4) is 0 Å². The van der Waals surface area contributed by atoms with Crippen LogP contribution >= 0.6 is 0 Å². The van der Waals surface area contributed by atoms with Crippen LogP contribution < -0.4 is 0 Å². The molecule has 0 atom stereocenters. The molecule has 0 aliphatic heterocycles. The summed E-state index contributed by atoms with van der Waals surface area (Å²) in [4.78, 5) is 4.58. The molecule has 0 bridgehead atoms. The second-order valence-corrected chi connectivity index (χ2v) is 4.07. The Morgan fingerprint density at radius 3 is 2.00 bits per heavy atom. The molecule has 4 nitrogen and oxygen atoms in total. The summed E-state index contributed by atoms with van der Waals surface area (Å²) in [6.45, 7) is 8.74. The molecule has 0 spiro atoms. The molecule has 0 rings (SSSR count). The average molecular weight is 286 g/mol. The number of hydrogen-bond acceptors (Lipinski definition) is 2. The SMILES string of the molecule is CCN(CC)CC[O][Sn][CH3].O.O. The fourth-order valence-electron chi connectivity index (χ4n) is 0.817. The fraction of sp³-hybridized carbons (Fsp3) is 1.00. The van der Waals surface area contributed by atoms with E-state index < -0.39 is 21.6 Å². The van der Waals surface area contributed by atoms with Crippen LogP contribution in [-0.4, -0.2) is 63.6 Å². The van der Waals surface area contributed by atoms with E-state index in [0.717, 1.165) is 26.2 Å². The number of rotatable bonds is 6. The zero-order valence-electron chi connectivity index (χ0n) is 8.18. The first kappa shape index (κ1) is 18.4. The Kier molecular flexibility index (Phi) is 21.8. The summed E-state index contributed by atoms with van der Waals surface area (Å²) < 4.78 is 5.40. The minimum atomic E-state index is -0.396. The molecule has 0 aromatic heterocycles. The molecule has 0 saturated carbocycles. The van der Waals surface area contributed by atoms with E-state index in [1.165, 1.54) is 0 Å². The van der Waals surface area contributed by atoms with E-state index in [1.807, 2.05) is 0 Å². The third kappa shape index (κ3) is 10.6. The Bertz CT molecular complexity index is 71.7. The topological polar surface area (TPSA) is 75.5 Å². The van der Waals surface area contributed by atoms with Gasteiger partial charge < -0.3 is 11.0 Å². The van der Waals surface area contributed by atoms with Crippen LogP contribution in [0, 0.1) is 0 Å². The van der Waals surface area contributed by atoms with E-state index in [0.29, 0.717) is 0 Å². The smallest absolute Gasteiger partial charge is 0.412 e. The van der Waals surface area contributed by atoms with Crippen LogP contribution in [0.2, 0.25) is 4.94 Å². The van der Waals surface area contributed by atoms with Gasteiger partial charge in [0.1, 0.15) is 0 Å². The predicted octanol–water partition coefficient (Wildman–Crippen LogP) is -0.637. The van der Waals surface area contributed by atoms with Crippen molar-refractivity contribution >= 4 is 21.6 Å². The quantitative estimate of drug-likeness (QED) is 0.481. The monoisotopic (exact) mass is 287 g/mol. The normalized spacial score (nSPS) is 9.00. The largest absolute Gasteiger partial charge is 0.412 e. The van der Waals surface area contributed by atoms with Crippen molar-refractivity contribution in [2.45, 2.75) is 18.8 Å². The van der Waals surface area contributed by atoms with Crippen LogP contribution in [0.15, 0.2) is 0 Å². The Morgan fingerprint density at radius 1 is 1.17 bits per heavy atom. The van der Waals surface area contributed by atoms with Crippen LogP contribution in [0.5, 0.6) is 0 Å². The molecule has 0 fully saturated rings. The van der Waals surface area contributed by atoms with Gasteiger partial charge in [-0.1, -0.05) is 0 Å². The molecule has 0 unspecified atom stereocenters. The first-order valence-corrected chi connectivity index (χ1v) is 7.87. The molecule has 0 amide bonds. The van der Waals surface area contributed by atoms with Crippen LogP contribution in [0.1, 0.15) is 13.8 Å². The Labute approximate surface area is 85.7 Å². The Morgan fingerprint density at radius 2 is 1.67 bits per heavy atom. The fourth-order valence-corrected chi connectivity index (χ4v) is 1.66. The maximum atomic E-state index is 5.40. The molecule has 12 heavy (non-hydrogen) atoms. The van der Waals surface area contributed by atoms with E-state index in [1.54, 1.807) is 0 Å². The van der Waals surface area contributed by atoms with Gasteiger partial charge in [0.05, 0.1) is 0 Å². The van der Waals surface area contributed by atoms with Gasteiger partial charge in [-0.3, -0.25) is 0 Å². The molecular weight excluding hydrogens is 265 g/mol. The van der Waals surface area contributed by atoms with E-state index in [2.05, 4.69) is 23.7 Å². The van der Waals surface area contributed by atoms with Crippen molar-refractivity contribution in [3.8, 4) is 0 Å². The van der Waals surface area contributed by atoms with Crippen LogP contribution in [0.4, 0.5) is 0 Å². The Balaban J connectivity index is -0.000000405. The van der Waals surface area contributed by atoms with Crippen LogP contribution in [0.25, 0.3) is 0 Å². The van der Waals surface area contributed by atoms with Crippen molar-refractivity contribution in [2.24, 2.45) is 0 Å². The van der Waals surface area contributed by atoms with Gasteiger partial charge in [-0.15, -0.1) is 0 Å². The summed E-state index contributed by atoms with van der Waals surface area (Å²) in [6.07, 6.45) is 0. The molecule has 0 aliphatic carbocycles. The zero-order chi connectivity index (χ0) is 7.82. The molecule has 4 N–H and O–H groups in total. The summed E-state index contributed by atoms with van der Waals surface area (Å²) in [5.41, 5.74) is 0. The second kappa shape index (κ2) is 14.2. The molecule has 0 heterocycles. The van der Waals surface area contributed by atoms with Crippen molar-refractivity contribution in [1.82, 2.24) is 4.90 Å². The maximum absolute atomic E-state index is 5.40. The van der Waals surface area contributed by atoms with Gasteiger partial charge in [-0.25, -0.2) is 0 Å². The molecular formula is C7H21NO3Sn. The zero-order valence-corrected chi connectivity index (χ0v) is 11.0. The van der Waals surface area contributed by atoms with E-state index in [4.69, 9.17) is 3.07 Å². The minimum Gasteiger partial charge on any atom is -0.412 e. The van der Waals surface area contributed by atoms with E-state index in [9.17, 15) is 0 Å². The van der Waals surface area contributed by atoms with Gasteiger partial charge in [0, 0.05) is 0 Å². The first-order chi connectivity index (χ1) is 4.85. The van der Waals surface area contributed by atoms with Crippen molar-refractivity contribution in [2.75, 3.05) is 26.2 Å². The van der Waals surface area contributed by atoms with Crippen LogP contribution in [-0.2, 0) is 3.07 Å². The molecule has 0 saturated heterocycles.